The lowest BCUT2D eigenvalue weighted by atomic mass is 9.87. The molecular weight excluding hydrogens is 264 g/mol. The highest BCUT2D eigenvalue weighted by atomic mass is 16.4. The van der Waals surface area contributed by atoms with E-state index in [9.17, 15) is 9.90 Å². The molecule has 0 aliphatic heterocycles. The molecule has 2 aromatic rings. The zero-order chi connectivity index (χ0) is 15.0. The fourth-order valence-corrected chi connectivity index (χ4v) is 3.05. The average Bonchev–Trinajstić information content (AvgIpc) is 2.86. The lowest BCUT2D eigenvalue weighted by Crippen LogP contribution is -2.14. The smallest absolute Gasteiger partial charge is 0.356 e. The summed E-state index contributed by atoms with van der Waals surface area (Å²) in [6.07, 6.45) is 3.79. The minimum Gasteiger partial charge on any atom is -0.476 e. The molecule has 21 heavy (non-hydrogen) atoms. The van der Waals surface area contributed by atoms with Crippen LogP contribution in [-0.2, 0) is 19.3 Å². The zero-order valence-corrected chi connectivity index (χ0v) is 12.5. The maximum absolute atomic E-state index is 11.4. The van der Waals surface area contributed by atoms with Crippen LogP contribution in [0.5, 0.6) is 0 Å². The van der Waals surface area contributed by atoms with Crippen LogP contribution in [-0.4, -0.2) is 20.9 Å². The predicted molar refractivity (Wildman–Crippen MR) is 81.1 cm³/mol. The number of carboxylic acid groups (broad SMARTS) is 1. The summed E-state index contributed by atoms with van der Waals surface area (Å²) in [5, 5.41) is 13.8. The SMILES string of the molecule is CCc1ccc(-n2nc(C(=O)O)c3c2CCC(C)C3)cc1. The Balaban J connectivity index is 2.10. The first-order valence-corrected chi connectivity index (χ1v) is 7.53. The molecule has 4 nitrogen and oxygen atoms in total. The monoisotopic (exact) mass is 284 g/mol. The van der Waals surface area contributed by atoms with Crippen molar-refractivity contribution in [2.45, 2.75) is 39.5 Å². The molecule has 0 amide bonds. The quantitative estimate of drug-likeness (QED) is 0.941. The Kier molecular flexibility index (Phi) is 3.53. The fourth-order valence-electron chi connectivity index (χ4n) is 3.05. The third-order valence-corrected chi connectivity index (χ3v) is 4.31. The molecule has 0 fully saturated rings. The summed E-state index contributed by atoms with van der Waals surface area (Å²) < 4.78 is 1.82. The van der Waals surface area contributed by atoms with E-state index in [0.717, 1.165) is 42.6 Å². The number of aryl methyl sites for hydroxylation is 1. The Morgan fingerprint density at radius 1 is 1.38 bits per heavy atom. The van der Waals surface area contributed by atoms with Gasteiger partial charge in [0.25, 0.3) is 0 Å². The van der Waals surface area contributed by atoms with Crippen molar-refractivity contribution in [1.29, 1.82) is 0 Å². The number of aromatic carboxylic acids is 1. The van der Waals surface area contributed by atoms with Crippen molar-refractivity contribution in [3.05, 3.63) is 46.8 Å². The highest BCUT2D eigenvalue weighted by molar-refractivity contribution is 5.87. The van der Waals surface area contributed by atoms with Crippen LogP contribution >= 0.6 is 0 Å². The predicted octanol–water partition coefficient (Wildman–Crippen LogP) is 3.26. The van der Waals surface area contributed by atoms with E-state index in [4.69, 9.17) is 0 Å². The molecule has 1 unspecified atom stereocenters. The summed E-state index contributed by atoms with van der Waals surface area (Å²) in [6.45, 7) is 4.29. The Hall–Kier alpha value is -2.10. The van der Waals surface area contributed by atoms with Crippen LogP contribution in [0.4, 0.5) is 0 Å². The van der Waals surface area contributed by atoms with Gasteiger partial charge >= 0.3 is 5.97 Å². The third kappa shape index (κ3) is 2.46. The third-order valence-electron chi connectivity index (χ3n) is 4.31. The van der Waals surface area contributed by atoms with Crippen molar-refractivity contribution in [2.24, 2.45) is 5.92 Å². The maximum atomic E-state index is 11.4. The van der Waals surface area contributed by atoms with Crippen LogP contribution in [0.15, 0.2) is 24.3 Å². The Morgan fingerprint density at radius 3 is 2.71 bits per heavy atom. The van der Waals surface area contributed by atoms with Crippen molar-refractivity contribution >= 4 is 5.97 Å². The standard InChI is InChI=1S/C17H20N2O2/c1-3-12-5-7-13(8-6-12)19-15-9-4-11(2)10-14(15)16(18-19)17(20)21/h5-8,11H,3-4,9-10H2,1-2H3,(H,20,21). The summed E-state index contributed by atoms with van der Waals surface area (Å²) in [5.41, 5.74) is 4.42. The Labute approximate surface area is 124 Å². The summed E-state index contributed by atoms with van der Waals surface area (Å²) >= 11 is 0. The van der Waals surface area contributed by atoms with E-state index in [1.54, 1.807) is 0 Å². The summed E-state index contributed by atoms with van der Waals surface area (Å²) in [7, 11) is 0. The molecule has 0 saturated heterocycles. The van der Waals surface area contributed by atoms with Crippen LogP contribution in [0, 0.1) is 5.92 Å². The van der Waals surface area contributed by atoms with Gasteiger partial charge in [0.05, 0.1) is 5.69 Å². The van der Waals surface area contributed by atoms with Gasteiger partial charge in [-0.2, -0.15) is 5.10 Å². The van der Waals surface area contributed by atoms with Crippen molar-refractivity contribution < 1.29 is 9.90 Å². The molecule has 110 valence electrons. The molecule has 1 N–H and O–H groups in total. The lowest BCUT2D eigenvalue weighted by Gasteiger charge is -2.19. The maximum Gasteiger partial charge on any atom is 0.356 e. The van der Waals surface area contributed by atoms with Crippen LogP contribution in [0.3, 0.4) is 0 Å². The first kappa shape index (κ1) is 13.9. The van der Waals surface area contributed by atoms with Gasteiger partial charge in [0.15, 0.2) is 5.69 Å². The molecule has 4 heteroatoms. The van der Waals surface area contributed by atoms with Crippen LogP contribution < -0.4 is 0 Å². The van der Waals surface area contributed by atoms with E-state index >= 15 is 0 Å². The largest absolute Gasteiger partial charge is 0.476 e. The zero-order valence-electron chi connectivity index (χ0n) is 12.5. The molecule has 1 atom stereocenters. The first-order valence-electron chi connectivity index (χ1n) is 7.53. The van der Waals surface area contributed by atoms with E-state index < -0.39 is 5.97 Å². The van der Waals surface area contributed by atoms with Crippen LogP contribution in [0.1, 0.15) is 47.6 Å². The Bertz CT molecular complexity index is 671. The molecule has 1 aromatic heterocycles. The second-order valence-corrected chi connectivity index (χ2v) is 5.86. The highest BCUT2D eigenvalue weighted by Gasteiger charge is 2.27. The van der Waals surface area contributed by atoms with Gasteiger partial charge in [0.1, 0.15) is 0 Å². The van der Waals surface area contributed by atoms with Gasteiger partial charge < -0.3 is 5.11 Å². The van der Waals surface area contributed by atoms with Crippen LogP contribution in [0.2, 0.25) is 0 Å². The van der Waals surface area contributed by atoms with E-state index in [-0.39, 0.29) is 5.69 Å². The number of hydrogen-bond acceptors (Lipinski definition) is 2. The lowest BCUT2D eigenvalue weighted by molar-refractivity contribution is 0.0688. The minimum absolute atomic E-state index is 0.219. The van der Waals surface area contributed by atoms with Crippen molar-refractivity contribution in [2.75, 3.05) is 0 Å². The summed E-state index contributed by atoms with van der Waals surface area (Å²) in [4.78, 5) is 11.4. The van der Waals surface area contributed by atoms with Crippen molar-refractivity contribution in [3.8, 4) is 5.69 Å². The summed E-state index contributed by atoms with van der Waals surface area (Å²) in [6, 6.07) is 8.20. The number of benzene rings is 1. The number of hydrogen-bond donors (Lipinski definition) is 1. The van der Waals surface area contributed by atoms with Gasteiger partial charge in [-0.15, -0.1) is 0 Å². The fraction of sp³-hybridized carbons (Fsp3) is 0.412. The van der Waals surface area contributed by atoms with E-state index in [0.29, 0.717) is 5.92 Å². The van der Waals surface area contributed by atoms with E-state index in [1.807, 2.05) is 16.8 Å². The second kappa shape index (κ2) is 5.35. The normalized spacial score (nSPS) is 17.5. The van der Waals surface area contributed by atoms with E-state index in [1.165, 1.54) is 5.56 Å². The van der Waals surface area contributed by atoms with Gasteiger partial charge in [0, 0.05) is 11.3 Å². The number of carbonyl (C=O) groups is 1. The van der Waals surface area contributed by atoms with E-state index in [2.05, 4.69) is 31.1 Å². The number of carboxylic acids is 1. The number of nitrogens with zero attached hydrogens (tertiary/aromatic N) is 2. The van der Waals surface area contributed by atoms with Gasteiger partial charge in [-0.3, -0.25) is 0 Å². The van der Waals surface area contributed by atoms with Crippen LogP contribution in [0.25, 0.3) is 5.69 Å². The van der Waals surface area contributed by atoms with Gasteiger partial charge in [-0.1, -0.05) is 26.0 Å². The second-order valence-electron chi connectivity index (χ2n) is 5.86. The number of fused-ring (bicyclic) bond motifs is 1. The molecule has 0 radical (unpaired) electrons. The van der Waals surface area contributed by atoms with Gasteiger partial charge in [-0.05, 0) is 49.3 Å². The van der Waals surface area contributed by atoms with Gasteiger partial charge in [0.2, 0.25) is 0 Å². The molecule has 0 bridgehead atoms. The topological polar surface area (TPSA) is 55.1 Å². The molecule has 0 saturated carbocycles. The molecule has 3 rings (SSSR count). The van der Waals surface area contributed by atoms with Gasteiger partial charge in [-0.25, -0.2) is 9.48 Å². The number of aromatic nitrogens is 2. The molecule has 1 aromatic carbocycles. The minimum atomic E-state index is -0.927. The molecule has 0 spiro atoms. The Morgan fingerprint density at radius 2 is 2.10 bits per heavy atom. The molecule has 1 aliphatic carbocycles. The number of rotatable bonds is 3. The average molecular weight is 284 g/mol. The summed E-state index contributed by atoms with van der Waals surface area (Å²) in [5.74, 6) is -0.403. The highest BCUT2D eigenvalue weighted by Crippen LogP contribution is 2.30. The van der Waals surface area contributed by atoms with Crippen molar-refractivity contribution in [3.63, 3.8) is 0 Å². The van der Waals surface area contributed by atoms with Crippen molar-refractivity contribution in [1.82, 2.24) is 9.78 Å². The molecule has 1 aliphatic rings. The molecule has 1 heterocycles. The first-order chi connectivity index (χ1) is 10.1. The molecular formula is C17H20N2O2.